The molecule has 2 nitrogen and oxygen atoms in total. The normalized spacial score (nSPS) is 48.1. The van der Waals surface area contributed by atoms with Crippen LogP contribution in [-0.2, 0) is 4.79 Å². The monoisotopic (exact) mass is 154 g/mol. The first kappa shape index (κ1) is 7.14. The smallest absolute Gasteiger partial charge is 0.309 e. The Bertz CT molecular complexity index is 200. The lowest BCUT2D eigenvalue weighted by molar-refractivity contribution is -0.151. The van der Waals surface area contributed by atoms with Crippen molar-refractivity contribution in [3.8, 4) is 0 Å². The van der Waals surface area contributed by atoms with Crippen LogP contribution >= 0.6 is 0 Å². The van der Waals surface area contributed by atoms with Gasteiger partial charge in [-0.1, -0.05) is 6.42 Å². The topological polar surface area (TPSA) is 37.3 Å². The van der Waals surface area contributed by atoms with Crippen LogP contribution in [0.15, 0.2) is 0 Å². The molecular formula is C9H14O2. The van der Waals surface area contributed by atoms with Crippen molar-refractivity contribution in [2.75, 3.05) is 0 Å². The van der Waals surface area contributed by atoms with Crippen molar-refractivity contribution < 1.29 is 9.90 Å². The molecule has 2 aliphatic carbocycles. The van der Waals surface area contributed by atoms with Gasteiger partial charge in [0.25, 0.3) is 0 Å². The highest BCUT2D eigenvalue weighted by Gasteiger charge is 2.52. The van der Waals surface area contributed by atoms with Crippen molar-refractivity contribution in [3.05, 3.63) is 0 Å². The van der Waals surface area contributed by atoms with Gasteiger partial charge >= 0.3 is 5.97 Å². The minimum absolute atomic E-state index is 0.372. The molecule has 3 atom stereocenters. The molecule has 0 aromatic rings. The summed E-state index contributed by atoms with van der Waals surface area (Å²) in [6, 6.07) is 0. The van der Waals surface area contributed by atoms with Crippen LogP contribution in [0.5, 0.6) is 0 Å². The fraction of sp³-hybridized carbons (Fsp3) is 0.889. The maximum Gasteiger partial charge on any atom is 0.309 e. The van der Waals surface area contributed by atoms with E-state index in [1.807, 2.05) is 6.92 Å². The molecule has 1 N–H and O–H groups in total. The summed E-state index contributed by atoms with van der Waals surface area (Å²) in [7, 11) is 0. The second-order valence-electron chi connectivity index (χ2n) is 4.30. The number of carboxylic acid groups (broad SMARTS) is 1. The van der Waals surface area contributed by atoms with Crippen LogP contribution in [0.2, 0.25) is 0 Å². The summed E-state index contributed by atoms with van der Waals surface area (Å²) in [5, 5.41) is 8.99. The Labute approximate surface area is 66.6 Å². The first-order valence-electron chi connectivity index (χ1n) is 4.36. The fourth-order valence-electron chi connectivity index (χ4n) is 2.87. The lowest BCUT2D eigenvalue weighted by atomic mass is 9.75. The van der Waals surface area contributed by atoms with Crippen LogP contribution in [0.4, 0.5) is 0 Å². The molecule has 2 bridgehead atoms. The first-order chi connectivity index (χ1) is 5.13. The molecule has 0 radical (unpaired) electrons. The van der Waals surface area contributed by atoms with E-state index in [0.29, 0.717) is 5.92 Å². The minimum Gasteiger partial charge on any atom is -0.481 e. The number of carbonyl (C=O) groups is 1. The molecule has 0 aromatic carbocycles. The van der Waals surface area contributed by atoms with Crippen molar-refractivity contribution in [2.24, 2.45) is 17.3 Å². The first-order valence-corrected chi connectivity index (χ1v) is 4.36. The van der Waals surface area contributed by atoms with Gasteiger partial charge in [0.1, 0.15) is 0 Å². The van der Waals surface area contributed by atoms with Gasteiger partial charge < -0.3 is 5.11 Å². The number of hydrogen-bond acceptors (Lipinski definition) is 1. The van der Waals surface area contributed by atoms with Gasteiger partial charge in [0, 0.05) is 0 Å². The molecule has 62 valence electrons. The summed E-state index contributed by atoms with van der Waals surface area (Å²) in [6.45, 7) is 1.92. The summed E-state index contributed by atoms with van der Waals surface area (Å²) < 4.78 is 0. The molecule has 11 heavy (non-hydrogen) atoms. The third-order valence-corrected chi connectivity index (χ3v) is 3.64. The summed E-state index contributed by atoms with van der Waals surface area (Å²) >= 11 is 0. The zero-order valence-electron chi connectivity index (χ0n) is 6.84. The van der Waals surface area contributed by atoms with Gasteiger partial charge in [-0.15, -0.1) is 0 Å². The highest BCUT2D eigenvalue weighted by molar-refractivity contribution is 5.75. The van der Waals surface area contributed by atoms with Crippen LogP contribution in [0.3, 0.4) is 0 Å². The SMILES string of the molecule is C[C@]1(C(=O)O)C[C@H]2CC[C@@H]1C2. The molecule has 0 unspecified atom stereocenters. The Balaban J connectivity index is 2.23. The van der Waals surface area contributed by atoms with E-state index < -0.39 is 5.97 Å². The Morgan fingerprint density at radius 3 is 2.55 bits per heavy atom. The van der Waals surface area contributed by atoms with E-state index in [0.717, 1.165) is 18.8 Å². The molecule has 0 aliphatic heterocycles. The van der Waals surface area contributed by atoms with E-state index in [1.165, 1.54) is 12.8 Å². The van der Waals surface area contributed by atoms with Gasteiger partial charge in [-0.2, -0.15) is 0 Å². The molecule has 2 heteroatoms. The quantitative estimate of drug-likeness (QED) is 0.626. The second-order valence-corrected chi connectivity index (χ2v) is 4.30. The molecule has 2 rings (SSSR count). The van der Waals surface area contributed by atoms with E-state index in [4.69, 9.17) is 5.11 Å². The largest absolute Gasteiger partial charge is 0.481 e. The zero-order chi connectivity index (χ0) is 8.06. The Hall–Kier alpha value is -0.530. The van der Waals surface area contributed by atoms with E-state index in [1.54, 1.807) is 0 Å². The molecule has 0 spiro atoms. The Morgan fingerprint density at radius 1 is 1.55 bits per heavy atom. The van der Waals surface area contributed by atoms with Crippen LogP contribution in [-0.4, -0.2) is 11.1 Å². The lowest BCUT2D eigenvalue weighted by Crippen LogP contribution is -2.32. The molecule has 0 aromatic heterocycles. The zero-order valence-corrected chi connectivity index (χ0v) is 6.84. The molecule has 2 fully saturated rings. The van der Waals surface area contributed by atoms with Gasteiger partial charge in [0.2, 0.25) is 0 Å². The second kappa shape index (κ2) is 1.99. The summed E-state index contributed by atoms with van der Waals surface area (Å²) in [6.07, 6.45) is 4.51. The van der Waals surface area contributed by atoms with Crippen LogP contribution in [0.25, 0.3) is 0 Å². The number of aliphatic carboxylic acids is 1. The van der Waals surface area contributed by atoms with Crippen LogP contribution in [0, 0.1) is 17.3 Å². The van der Waals surface area contributed by atoms with E-state index in [9.17, 15) is 4.79 Å². The van der Waals surface area contributed by atoms with Gasteiger partial charge in [-0.25, -0.2) is 0 Å². The molecule has 2 saturated carbocycles. The van der Waals surface area contributed by atoms with Gasteiger partial charge in [-0.3, -0.25) is 4.79 Å². The van der Waals surface area contributed by atoms with Gasteiger partial charge in [0.05, 0.1) is 5.41 Å². The number of fused-ring (bicyclic) bond motifs is 2. The van der Waals surface area contributed by atoms with Gasteiger partial charge in [-0.05, 0) is 38.0 Å². The van der Waals surface area contributed by atoms with Crippen molar-refractivity contribution >= 4 is 5.97 Å². The van der Waals surface area contributed by atoms with Crippen molar-refractivity contribution in [2.45, 2.75) is 32.6 Å². The van der Waals surface area contributed by atoms with Crippen molar-refractivity contribution in [1.82, 2.24) is 0 Å². The molecule has 0 heterocycles. The number of carboxylic acids is 1. The maximum atomic E-state index is 10.9. The summed E-state index contributed by atoms with van der Waals surface area (Å²) in [5.74, 6) is 0.621. The number of rotatable bonds is 1. The Kier molecular flexibility index (Phi) is 1.29. The van der Waals surface area contributed by atoms with E-state index >= 15 is 0 Å². The predicted molar refractivity (Wildman–Crippen MR) is 41.2 cm³/mol. The average Bonchev–Trinajstić information content (AvgIpc) is 2.45. The molecule has 0 amide bonds. The fourth-order valence-corrected chi connectivity index (χ4v) is 2.87. The van der Waals surface area contributed by atoms with Crippen LogP contribution < -0.4 is 0 Å². The lowest BCUT2D eigenvalue weighted by Gasteiger charge is -2.28. The molecular weight excluding hydrogens is 140 g/mol. The highest BCUT2D eigenvalue weighted by Crippen LogP contribution is 2.55. The highest BCUT2D eigenvalue weighted by atomic mass is 16.4. The summed E-state index contributed by atoms with van der Waals surface area (Å²) in [5.41, 5.74) is -0.372. The third-order valence-electron chi connectivity index (χ3n) is 3.64. The van der Waals surface area contributed by atoms with Crippen LogP contribution in [0.1, 0.15) is 32.6 Å². The van der Waals surface area contributed by atoms with Gasteiger partial charge in [0.15, 0.2) is 0 Å². The molecule has 0 saturated heterocycles. The standard InChI is InChI=1S/C9H14O2/c1-9(8(10)11)5-6-2-3-7(9)4-6/h6-7H,2-5H2,1H3,(H,10,11)/t6-,7+,9-/m0/s1. The predicted octanol–water partition coefficient (Wildman–Crippen LogP) is 1.90. The average molecular weight is 154 g/mol. The minimum atomic E-state index is -0.579. The number of hydrogen-bond donors (Lipinski definition) is 1. The molecule has 2 aliphatic rings. The van der Waals surface area contributed by atoms with E-state index in [-0.39, 0.29) is 5.41 Å². The van der Waals surface area contributed by atoms with Crippen molar-refractivity contribution in [1.29, 1.82) is 0 Å². The van der Waals surface area contributed by atoms with E-state index in [2.05, 4.69) is 0 Å². The van der Waals surface area contributed by atoms with Crippen molar-refractivity contribution in [3.63, 3.8) is 0 Å². The summed E-state index contributed by atoms with van der Waals surface area (Å²) in [4.78, 5) is 10.9. The third kappa shape index (κ3) is 0.815. The Morgan fingerprint density at radius 2 is 2.27 bits per heavy atom. The maximum absolute atomic E-state index is 10.9.